The molecule has 1 aliphatic rings. The summed E-state index contributed by atoms with van der Waals surface area (Å²) in [6.45, 7) is 4.22. The van der Waals surface area contributed by atoms with Crippen molar-refractivity contribution < 1.29 is 13.9 Å². The number of nitrogens with zero attached hydrogens (tertiary/aromatic N) is 1. The molecule has 0 radical (unpaired) electrons. The number of nitrogens with one attached hydrogen (secondary N) is 1. The minimum atomic E-state index is -1.23. The van der Waals surface area contributed by atoms with Crippen molar-refractivity contribution in [2.75, 3.05) is 24.5 Å². The summed E-state index contributed by atoms with van der Waals surface area (Å²) in [6, 6.07) is 11.9. The van der Waals surface area contributed by atoms with E-state index in [1.165, 1.54) is 24.6 Å². The predicted molar refractivity (Wildman–Crippen MR) is 95.6 cm³/mol. The zero-order chi connectivity index (χ0) is 17.8. The molecule has 0 spiro atoms. The molecule has 25 heavy (non-hydrogen) atoms. The maximum Gasteiger partial charge on any atom is 0.131 e. The quantitative estimate of drug-likeness (QED) is 0.831. The standard InChI is InChI=1S/C20H24F2N2O/c1-14(15-6-4-7-16(12-15)24-10-2-3-11-24)23-13-19(25)20-17(21)8-5-9-18(20)22/h4-9,12,14,19,23,25H,2-3,10-11,13H2,1H3. The first-order valence-corrected chi connectivity index (χ1v) is 8.76. The van der Waals surface area contributed by atoms with Gasteiger partial charge in [0.25, 0.3) is 0 Å². The SMILES string of the molecule is CC(NCC(O)c1c(F)cccc1F)c1cccc(N2CCCC2)c1. The maximum absolute atomic E-state index is 13.7. The van der Waals surface area contributed by atoms with Crippen LogP contribution in [0, 0.1) is 11.6 Å². The van der Waals surface area contributed by atoms with Crippen LogP contribution in [-0.4, -0.2) is 24.7 Å². The van der Waals surface area contributed by atoms with Crippen LogP contribution in [0.25, 0.3) is 0 Å². The van der Waals surface area contributed by atoms with Gasteiger partial charge in [-0.2, -0.15) is 0 Å². The van der Waals surface area contributed by atoms with Gasteiger partial charge in [0.15, 0.2) is 0 Å². The van der Waals surface area contributed by atoms with Gasteiger partial charge in [0, 0.05) is 31.4 Å². The number of hydrogen-bond donors (Lipinski definition) is 2. The van der Waals surface area contributed by atoms with Gasteiger partial charge in [-0.15, -0.1) is 0 Å². The smallest absolute Gasteiger partial charge is 0.131 e. The first-order valence-electron chi connectivity index (χ1n) is 8.76. The van der Waals surface area contributed by atoms with Gasteiger partial charge < -0.3 is 15.3 Å². The molecule has 1 saturated heterocycles. The van der Waals surface area contributed by atoms with Gasteiger partial charge in [-0.25, -0.2) is 8.78 Å². The Kier molecular flexibility index (Phi) is 5.66. The van der Waals surface area contributed by atoms with E-state index in [1.54, 1.807) is 0 Å². The summed E-state index contributed by atoms with van der Waals surface area (Å²) in [5, 5.41) is 13.3. The summed E-state index contributed by atoms with van der Waals surface area (Å²) in [4.78, 5) is 2.36. The van der Waals surface area contributed by atoms with Gasteiger partial charge in [0.05, 0.1) is 11.7 Å². The topological polar surface area (TPSA) is 35.5 Å². The van der Waals surface area contributed by atoms with E-state index >= 15 is 0 Å². The largest absolute Gasteiger partial charge is 0.387 e. The Morgan fingerprint density at radius 3 is 2.40 bits per heavy atom. The Morgan fingerprint density at radius 1 is 1.08 bits per heavy atom. The fraction of sp³-hybridized carbons (Fsp3) is 0.400. The third kappa shape index (κ3) is 4.17. The van der Waals surface area contributed by atoms with Gasteiger partial charge in [-0.3, -0.25) is 0 Å². The number of aliphatic hydroxyl groups excluding tert-OH is 1. The monoisotopic (exact) mass is 346 g/mol. The number of anilines is 1. The van der Waals surface area contributed by atoms with Gasteiger partial charge >= 0.3 is 0 Å². The van der Waals surface area contributed by atoms with Crippen molar-refractivity contribution in [2.24, 2.45) is 0 Å². The van der Waals surface area contributed by atoms with Crippen molar-refractivity contribution in [1.29, 1.82) is 0 Å². The molecule has 2 unspecified atom stereocenters. The number of rotatable bonds is 6. The number of hydrogen-bond acceptors (Lipinski definition) is 3. The summed E-state index contributed by atoms with van der Waals surface area (Å²) in [6.07, 6.45) is 1.21. The van der Waals surface area contributed by atoms with E-state index in [2.05, 4.69) is 22.3 Å². The van der Waals surface area contributed by atoms with Crippen LogP contribution in [-0.2, 0) is 0 Å². The Morgan fingerprint density at radius 2 is 1.72 bits per heavy atom. The molecular formula is C20H24F2N2O. The van der Waals surface area contributed by atoms with Crippen molar-refractivity contribution in [2.45, 2.75) is 31.9 Å². The molecule has 1 aliphatic heterocycles. The van der Waals surface area contributed by atoms with E-state index < -0.39 is 17.7 Å². The van der Waals surface area contributed by atoms with Crippen molar-refractivity contribution in [3.63, 3.8) is 0 Å². The Bertz CT molecular complexity index is 696. The van der Waals surface area contributed by atoms with Crippen LogP contribution in [0.4, 0.5) is 14.5 Å². The molecule has 2 atom stereocenters. The van der Waals surface area contributed by atoms with Crippen LogP contribution in [0.1, 0.15) is 43.0 Å². The molecule has 1 heterocycles. The molecule has 3 rings (SSSR count). The zero-order valence-corrected chi connectivity index (χ0v) is 14.4. The molecule has 2 aromatic rings. The molecular weight excluding hydrogens is 322 g/mol. The molecule has 0 aromatic heterocycles. The van der Waals surface area contributed by atoms with Crippen LogP contribution >= 0.6 is 0 Å². The van der Waals surface area contributed by atoms with E-state index in [-0.39, 0.29) is 18.2 Å². The lowest BCUT2D eigenvalue weighted by atomic mass is 10.1. The highest BCUT2D eigenvalue weighted by atomic mass is 19.1. The Labute approximate surface area is 147 Å². The Balaban J connectivity index is 1.64. The highest BCUT2D eigenvalue weighted by Crippen LogP contribution is 2.25. The first-order chi connectivity index (χ1) is 12.1. The minimum absolute atomic E-state index is 0.0352. The third-order valence-corrected chi connectivity index (χ3v) is 4.79. The average molecular weight is 346 g/mol. The van der Waals surface area contributed by atoms with Crippen LogP contribution < -0.4 is 10.2 Å². The van der Waals surface area contributed by atoms with Crippen molar-refractivity contribution >= 4 is 5.69 Å². The third-order valence-electron chi connectivity index (χ3n) is 4.79. The Hall–Kier alpha value is -1.98. The number of aliphatic hydroxyl groups is 1. The molecule has 0 saturated carbocycles. The second-order valence-electron chi connectivity index (χ2n) is 6.57. The minimum Gasteiger partial charge on any atom is -0.387 e. The summed E-state index contributed by atoms with van der Waals surface area (Å²) in [7, 11) is 0. The molecule has 134 valence electrons. The fourth-order valence-electron chi connectivity index (χ4n) is 3.30. The summed E-state index contributed by atoms with van der Waals surface area (Å²) in [5.74, 6) is -1.45. The van der Waals surface area contributed by atoms with Crippen molar-refractivity contribution in [1.82, 2.24) is 5.32 Å². The second kappa shape index (κ2) is 7.93. The van der Waals surface area contributed by atoms with Gasteiger partial charge in [0.2, 0.25) is 0 Å². The average Bonchev–Trinajstić information content (AvgIpc) is 3.14. The molecule has 0 amide bonds. The van der Waals surface area contributed by atoms with Crippen molar-refractivity contribution in [3.05, 3.63) is 65.2 Å². The van der Waals surface area contributed by atoms with Crippen molar-refractivity contribution in [3.8, 4) is 0 Å². The van der Waals surface area contributed by atoms with E-state index in [4.69, 9.17) is 0 Å². The second-order valence-corrected chi connectivity index (χ2v) is 6.57. The van der Waals surface area contributed by atoms with E-state index in [0.717, 1.165) is 30.8 Å². The van der Waals surface area contributed by atoms with Gasteiger partial charge in [-0.05, 0) is 49.6 Å². The highest BCUT2D eigenvalue weighted by molar-refractivity contribution is 5.49. The molecule has 1 fully saturated rings. The number of halogens is 2. The van der Waals surface area contributed by atoms with Gasteiger partial charge in [0.1, 0.15) is 11.6 Å². The lowest BCUT2D eigenvalue weighted by molar-refractivity contribution is 0.161. The summed E-state index contributed by atoms with van der Waals surface area (Å²) in [5.41, 5.74) is 2.00. The summed E-state index contributed by atoms with van der Waals surface area (Å²) < 4.78 is 27.5. The lowest BCUT2D eigenvalue weighted by Crippen LogP contribution is -2.26. The molecule has 3 nitrogen and oxygen atoms in total. The summed E-state index contributed by atoms with van der Waals surface area (Å²) >= 11 is 0. The van der Waals surface area contributed by atoms with Gasteiger partial charge in [-0.1, -0.05) is 18.2 Å². The predicted octanol–water partition coefficient (Wildman–Crippen LogP) is 3.95. The molecule has 2 aromatic carbocycles. The van der Waals surface area contributed by atoms with E-state index in [9.17, 15) is 13.9 Å². The van der Waals surface area contributed by atoms with Crippen LogP contribution in [0.2, 0.25) is 0 Å². The van der Waals surface area contributed by atoms with E-state index in [1.807, 2.05) is 19.1 Å². The molecule has 0 aliphatic carbocycles. The fourth-order valence-corrected chi connectivity index (χ4v) is 3.30. The maximum atomic E-state index is 13.7. The number of benzene rings is 2. The van der Waals surface area contributed by atoms with Crippen LogP contribution in [0.15, 0.2) is 42.5 Å². The normalized spacial score (nSPS) is 16.9. The lowest BCUT2D eigenvalue weighted by Gasteiger charge is -2.22. The first kappa shape index (κ1) is 17.8. The van der Waals surface area contributed by atoms with Crippen LogP contribution in [0.5, 0.6) is 0 Å². The highest BCUT2D eigenvalue weighted by Gasteiger charge is 2.19. The molecule has 5 heteroatoms. The zero-order valence-electron chi connectivity index (χ0n) is 14.4. The van der Waals surface area contributed by atoms with E-state index in [0.29, 0.717) is 0 Å². The molecule has 2 N–H and O–H groups in total. The van der Waals surface area contributed by atoms with Crippen LogP contribution in [0.3, 0.4) is 0 Å². The molecule has 0 bridgehead atoms.